The average Bonchev–Trinajstić information content (AvgIpc) is 3.02. The predicted molar refractivity (Wildman–Crippen MR) is 82.0 cm³/mol. The lowest BCUT2D eigenvalue weighted by atomic mass is 10.2. The summed E-state index contributed by atoms with van der Waals surface area (Å²) in [5.41, 5.74) is 1.50. The fourth-order valence-corrected chi connectivity index (χ4v) is 2.09. The highest BCUT2D eigenvalue weighted by molar-refractivity contribution is 5.76. The molecule has 0 radical (unpaired) electrons. The SMILES string of the molecule is COc1ccc(-n2cc([C@@H](C)NC(=O)CCC(F)(F)F)cn2)cc1. The molecule has 1 heterocycles. The third-order valence-corrected chi connectivity index (χ3v) is 3.45. The van der Waals surface area contributed by atoms with Crippen molar-refractivity contribution in [2.75, 3.05) is 7.11 Å². The molecular weight excluding hydrogens is 323 g/mol. The standard InChI is InChI=1S/C16H18F3N3O2/c1-11(21-15(23)7-8-16(17,18)19)12-9-20-22(10-12)13-3-5-14(24-2)6-4-13/h3-6,9-11H,7-8H2,1-2H3,(H,21,23)/t11-/m1/s1. The van der Waals surface area contributed by atoms with E-state index in [2.05, 4.69) is 10.4 Å². The minimum absolute atomic E-state index is 0.433. The number of amides is 1. The van der Waals surface area contributed by atoms with Crippen LogP contribution >= 0.6 is 0 Å². The Bertz CT molecular complexity index is 681. The summed E-state index contributed by atoms with van der Waals surface area (Å²) in [5, 5.41) is 6.74. The number of nitrogens with zero attached hydrogens (tertiary/aromatic N) is 2. The summed E-state index contributed by atoms with van der Waals surface area (Å²) in [6.07, 6.45) is -2.76. The lowest BCUT2D eigenvalue weighted by Crippen LogP contribution is -2.27. The summed E-state index contributed by atoms with van der Waals surface area (Å²) in [6.45, 7) is 1.70. The molecule has 0 aliphatic heterocycles. The molecule has 8 heteroatoms. The zero-order valence-corrected chi connectivity index (χ0v) is 13.3. The molecule has 24 heavy (non-hydrogen) atoms. The Hall–Kier alpha value is -2.51. The topological polar surface area (TPSA) is 56.1 Å². The molecule has 0 saturated heterocycles. The minimum atomic E-state index is -4.33. The van der Waals surface area contributed by atoms with Crippen LogP contribution in [0.5, 0.6) is 5.75 Å². The quantitative estimate of drug-likeness (QED) is 0.876. The molecule has 2 rings (SSSR count). The zero-order chi connectivity index (χ0) is 17.7. The van der Waals surface area contributed by atoms with E-state index in [1.807, 2.05) is 12.1 Å². The molecule has 0 fully saturated rings. The molecule has 130 valence electrons. The largest absolute Gasteiger partial charge is 0.497 e. The van der Waals surface area contributed by atoms with E-state index < -0.39 is 31.0 Å². The predicted octanol–water partition coefficient (Wildman–Crippen LogP) is 3.40. The van der Waals surface area contributed by atoms with Crippen molar-refractivity contribution < 1.29 is 22.7 Å². The van der Waals surface area contributed by atoms with Crippen LogP contribution in [0.3, 0.4) is 0 Å². The lowest BCUT2D eigenvalue weighted by Gasteiger charge is -2.12. The number of ether oxygens (including phenoxy) is 1. The van der Waals surface area contributed by atoms with E-state index in [0.29, 0.717) is 5.56 Å². The maximum absolute atomic E-state index is 12.1. The summed E-state index contributed by atoms with van der Waals surface area (Å²) in [5.74, 6) is 0.0773. The van der Waals surface area contributed by atoms with Gasteiger partial charge in [-0.25, -0.2) is 4.68 Å². The van der Waals surface area contributed by atoms with E-state index in [-0.39, 0.29) is 0 Å². The third kappa shape index (κ3) is 5.00. The first kappa shape index (κ1) is 17.8. The van der Waals surface area contributed by atoms with Crippen molar-refractivity contribution in [3.63, 3.8) is 0 Å². The van der Waals surface area contributed by atoms with E-state index in [0.717, 1.165) is 11.4 Å². The second kappa shape index (κ2) is 7.37. The molecular formula is C16H18F3N3O2. The highest BCUT2D eigenvalue weighted by atomic mass is 19.4. The number of benzene rings is 1. The first-order chi connectivity index (χ1) is 11.3. The van der Waals surface area contributed by atoms with Gasteiger partial charge >= 0.3 is 6.18 Å². The van der Waals surface area contributed by atoms with Crippen LogP contribution in [-0.4, -0.2) is 29.0 Å². The fourth-order valence-electron chi connectivity index (χ4n) is 2.09. The zero-order valence-electron chi connectivity index (χ0n) is 13.3. The molecule has 1 amide bonds. The molecule has 1 aromatic carbocycles. The van der Waals surface area contributed by atoms with Gasteiger partial charge in [-0.05, 0) is 31.2 Å². The number of hydrogen-bond donors (Lipinski definition) is 1. The maximum atomic E-state index is 12.1. The van der Waals surface area contributed by atoms with E-state index in [9.17, 15) is 18.0 Å². The third-order valence-electron chi connectivity index (χ3n) is 3.45. The number of carbonyl (C=O) groups is 1. The van der Waals surface area contributed by atoms with Gasteiger partial charge in [-0.3, -0.25) is 4.79 Å². The van der Waals surface area contributed by atoms with E-state index in [4.69, 9.17) is 4.74 Å². The minimum Gasteiger partial charge on any atom is -0.497 e. The highest BCUT2D eigenvalue weighted by Gasteiger charge is 2.28. The van der Waals surface area contributed by atoms with Crippen molar-refractivity contribution in [1.29, 1.82) is 0 Å². The van der Waals surface area contributed by atoms with Crippen LogP contribution in [-0.2, 0) is 4.79 Å². The number of alkyl halides is 3. The van der Waals surface area contributed by atoms with Gasteiger partial charge in [0, 0.05) is 18.2 Å². The van der Waals surface area contributed by atoms with E-state index >= 15 is 0 Å². The molecule has 1 aromatic heterocycles. The smallest absolute Gasteiger partial charge is 0.389 e. The monoisotopic (exact) mass is 341 g/mol. The highest BCUT2D eigenvalue weighted by Crippen LogP contribution is 2.22. The normalized spacial score (nSPS) is 12.7. The number of hydrogen-bond acceptors (Lipinski definition) is 3. The Morgan fingerprint density at radius 2 is 2.00 bits per heavy atom. The van der Waals surface area contributed by atoms with Crippen LogP contribution in [0, 0.1) is 0 Å². The molecule has 1 N–H and O–H groups in total. The molecule has 1 atom stereocenters. The first-order valence-electron chi connectivity index (χ1n) is 7.33. The summed E-state index contributed by atoms with van der Waals surface area (Å²) in [6, 6.07) is 6.79. The van der Waals surface area contributed by atoms with Gasteiger partial charge in [0.25, 0.3) is 0 Å². The van der Waals surface area contributed by atoms with Gasteiger partial charge in [0.2, 0.25) is 5.91 Å². The van der Waals surface area contributed by atoms with Crippen LogP contribution in [0.25, 0.3) is 5.69 Å². The van der Waals surface area contributed by atoms with Gasteiger partial charge in [0.15, 0.2) is 0 Å². The molecule has 0 aliphatic rings. The number of rotatable bonds is 6. The Labute approximate surface area is 137 Å². The van der Waals surface area contributed by atoms with Crippen molar-refractivity contribution in [1.82, 2.24) is 15.1 Å². The van der Waals surface area contributed by atoms with Gasteiger partial charge in [0.1, 0.15) is 5.75 Å². The van der Waals surface area contributed by atoms with Crippen LogP contribution in [0.4, 0.5) is 13.2 Å². The van der Waals surface area contributed by atoms with Crippen molar-refractivity contribution >= 4 is 5.91 Å². The van der Waals surface area contributed by atoms with Crippen molar-refractivity contribution in [3.8, 4) is 11.4 Å². The second-order valence-corrected chi connectivity index (χ2v) is 5.32. The number of methoxy groups -OCH3 is 1. The summed E-state index contributed by atoms with van der Waals surface area (Å²) < 4.78 is 43.1. The van der Waals surface area contributed by atoms with Crippen LogP contribution in [0.1, 0.15) is 31.4 Å². The van der Waals surface area contributed by atoms with E-state index in [1.54, 1.807) is 43.2 Å². The van der Waals surface area contributed by atoms with Gasteiger partial charge in [-0.1, -0.05) is 0 Å². The Morgan fingerprint density at radius 3 is 2.58 bits per heavy atom. The summed E-state index contributed by atoms with van der Waals surface area (Å²) in [7, 11) is 1.57. The molecule has 2 aromatic rings. The fraction of sp³-hybridized carbons (Fsp3) is 0.375. The van der Waals surface area contributed by atoms with Gasteiger partial charge < -0.3 is 10.1 Å². The maximum Gasteiger partial charge on any atom is 0.389 e. The molecule has 0 aliphatic carbocycles. The van der Waals surface area contributed by atoms with Gasteiger partial charge in [-0.2, -0.15) is 18.3 Å². The Morgan fingerprint density at radius 1 is 1.33 bits per heavy atom. The molecule has 0 saturated carbocycles. The lowest BCUT2D eigenvalue weighted by molar-refractivity contribution is -0.144. The van der Waals surface area contributed by atoms with E-state index in [1.165, 1.54) is 0 Å². The molecule has 5 nitrogen and oxygen atoms in total. The van der Waals surface area contributed by atoms with Gasteiger partial charge in [0.05, 0.1) is 31.5 Å². The number of carbonyl (C=O) groups excluding carboxylic acids is 1. The number of halogens is 3. The van der Waals surface area contributed by atoms with Gasteiger partial charge in [-0.15, -0.1) is 0 Å². The van der Waals surface area contributed by atoms with Crippen molar-refractivity contribution in [2.24, 2.45) is 0 Å². The van der Waals surface area contributed by atoms with Crippen LogP contribution < -0.4 is 10.1 Å². The van der Waals surface area contributed by atoms with Crippen LogP contribution in [0.2, 0.25) is 0 Å². The Balaban J connectivity index is 1.97. The second-order valence-electron chi connectivity index (χ2n) is 5.32. The molecule has 0 bridgehead atoms. The summed E-state index contributed by atoms with van der Waals surface area (Å²) >= 11 is 0. The average molecular weight is 341 g/mol. The number of aromatic nitrogens is 2. The first-order valence-corrected chi connectivity index (χ1v) is 7.33. The van der Waals surface area contributed by atoms with Crippen molar-refractivity contribution in [3.05, 3.63) is 42.2 Å². The Kier molecular flexibility index (Phi) is 5.48. The number of nitrogens with one attached hydrogen (secondary N) is 1. The molecule has 0 unspecified atom stereocenters. The van der Waals surface area contributed by atoms with Crippen LogP contribution in [0.15, 0.2) is 36.7 Å². The van der Waals surface area contributed by atoms with Crippen molar-refractivity contribution in [2.45, 2.75) is 32.0 Å². The molecule has 0 spiro atoms. The summed E-state index contributed by atoms with van der Waals surface area (Å²) in [4.78, 5) is 11.6.